The molecule has 0 aliphatic carbocycles. The molecule has 0 atom stereocenters. The Labute approximate surface area is 62.9 Å². The second kappa shape index (κ2) is 4.21. The van der Waals surface area contributed by atoms with E-state index in [0.29, 0.717) is 0 Å². The summed E-state index contributed by atoms with van der Waals surface area (Å²) in [6.07, 6.45) is 0. The normalized spacial score (nSPS) is 6.33. The second-order valence-corrected chi connectivity index (χ2v) is 3.64. The van der Waals surface area contributed by atoms with Gasteiger partial charge in [0.1, 0.15) is 0 Å². The van der Waals surface area contributed by atoms with Crippen molar-refractivity contribution in [1.82, 2.24) is 0 Å². The summed E-state index contributed by atoms with van der Waals surface area (Å²) in [5.74, 6) is -0.112. The molecule has 0 aliphatic rings. The van der Waals surface area contributed by atoms with Gasteiger partial charge >= 0.3 is 64.0 Å². The average Bonchev–Trinajstić information content (AvgIpc) is 1.35. The van der Waals surface area contributed by atoms with E-state index in [1.54, 1.807) is 0 Å². The van der Waals surface area contributed by atoms with Gasteiger partial charge in [0.05, 0.1) is 0 Å². The zero-order valence-corrected chi connectivity index (χ0v) is 8.46. The Morgan fingerprint density at radius 1 is 1.83 bits per heavy atom. The predicted molar refractivity (Wildman–Crippen MR) is 23.4 cm³/mol. The Morgan fingerprint density at radius 3 is 2.33 bits per heavy atom. The summed E-state index contributed by atoms with van der Waals surface area (Å²) in [4.78, 5) is 9.88. The van der Waals surface area contributed by atoms with Gasteiger partial charge in [0.25, 0.3) is 0 Å². The van der Waals surface area contributed by atoms with Gasteiger partial charge in [-0.1, -0.05) is 0 Å². The van der Waals surface area contributed by atoms with Crippen LogP contribution in [0.5, 0.6) is 0 Å². The molecular weight excluding hydrogens is 205 g/mol. The first-order valence-electron chi connectivity index (χ1n) is 1.90. The molecule has 0 spiro atoms. The molecule has 32 valence electrons. The van der Waals surface area contributed by atoms with Crippen LogP contribution in [-0.2, 0) is 4.85 Å². The van der Waals surface area contributed by atoms with E-state index in [-0.39, 0.29) is 5.97 Å². The minimum absolute atomic E-state index is 0.112. The third kappa shape index (κ3) is 5.04. The van der Waals surface area contributed by atoms with Crippen LogP contribution in [0.4, 0.5) is 0 Å². The number of carbonyl (C=O) groups is 1. The van der Waals surface area contributed by atoms with Gasteiger partial charge in [0, 0.05) is 0 Å². The van der Waals surface area contributed by atoms with Gasteiger partial charge in [-0.15, -0.1) is 0 Å². The molecule has 0 amide bonds. The van der Waals surface area contributed by atoms with E-state index >= 15 is 0 Å². The van der Waals surface area contributed by atoms with Crippen LogP contribution in [0.2, 0.25) is 1.39 Å². The Bertz CT molecular complexity index is 52.8. The molecular formula is C3H6BaO2. The molecule has 2 nitrogen and oxygen atoms in total. The van der Waals surface area contributed by atoms with E-state index in [2.05, 4.69) is 0.0568 Å². The van der Waals surface area contributed by atoms with Crippen LogP contribution in [0.15, 0.2) is 0 Å². The van der Waals surface area contributed by atoms with Gasteiger partial charge < -0.3 is 0 Å². The number of hydrogen-bond acceptors (Lipinski definition) is 2. The molecule has 0 unspecified atom stereocenters. The van der Waals surface area contributed by atoms with Crippen molar-refractivity contribution in [1.29, 1.82) is 0 Å². The standard InChI is InChI=1S/C2H4O2.CH3.Ba/c1-2(3)4;;/h1H3,(H,3,4);1H3;/q;;+1/p-1. The van der Waals surface area contributed by atoms with Crippen LogP contribution >= 0.6 is 0 Å². The monoisotopic (exact) mass is 212 g/mol. The van der Waals surface area contributed by atoms with Gasteiger partial charge in [0.2, 0.25) is 0 Å². The van der Waals surface area contributed by atoms with Crippen LogP contribution in [-0.4, -0.2) is 50.8 Å². The van der Waals surface area contributed by atoms with Crippen molar-refractivity contribution in [3.8, 4) is 0 Å². The van der Waals surface area contributed by atoms with Crippen molar-refractivity contribution in [3.05, 3.63) is 0 Å². The summed E-state index contributed by atoms with van der Waals surface area (Å²) < 4.78 is 6.63. The quantitative estimate of drug-likeness (QED) is 0.580. The molecule has 0 N–H and O–H groups in total. The van der Waals surface area contributed by atoms with E-state index in [4.69, 9.17) is 0 Å². The number of rotatable bonds is 1. The second-order valence-electron chi connectivity index (χ2n) is 0.925. The van der Waals surface area contributed by atoms with Crippen LogP contribution in [0.1, 0.15) is 6.92 Å². The van der Waals surface area contributed by atoms with Gasteiger partial charge in [0.15, 0.2) is 0 Å². The molecule has 6 heavy (non-hydrogen) atoms. The van der Waals surface area contributed by atoms with Gasteiger partial charge in [-0.2, -0.15) is 0 Å². The maximum absolute atomic E-state index is 9.88. The molecule has 0 aromatic rings. The van der Waals surface area contributed by atoms with Crippen molar-refractivity contribution in [2.45, 2.75) is 8.32 Å². The summed E-state index contributed by atoms with van der Waals surface area (Å²) in [7, 11) is 0. The molecule has 0 rings (SSSR count). The van der Waals surface area contributed by atoms with Crippen molar-refractivity contribution in [2.24, 2.45) is 0 Å². The van der Waals surface area contributed by atoms with Gasteiger partial charge in [-0.25, -0.2) is 0 Å². The Kier molecular flexibility index (Phi) is 4.94. The third-order valence-electron chi connectivity index (χ3n) is 0.348. The Balaban J connectivity index is 2.83. The molecule has 0 fully saturated rings. The van der Waals surface area contributed by atoms with E-state index in [9.17, 15) is 4.79 Å². The fourth-order valence-electron chi connectivity index (χ4n) is 0.203. The Morgan fingerprint density at radius 2 is 2.33 bits per heavy atom. The molecule has 0 aromatic heterocycles. The minimum atomic E-state index is -1.06. The summed E-state index contributed by atoms with van der Waals surface area (Å²) in [6, 6.07) is 0. The first kappa shape index (κ1) is 7.04. The van der Waals surface area contributed by atoms with Crippen molar-refractivity contribution in [2.75, 3.05) is 0 Å². The SMILES string of the molecule is [CH3][Ba][O]C(C)=O. The molecule has 0 saturated heterocycles. The van der Waals surface area contributed by atoms with E-state index in [1.807, 2.05) is 1.39 Å². The molecule has 0 bridgehead atoms. The van der Waals surface area contributed by atoms with E-state index in [1.165, 1.54) is 6.92 Å². The number of carbonyl (C=O) groups excluding carboxylic acids is 1. The summed E-state index contributed by atoms with van der Waals surface area (Å²) in [6.45, 7) is 1.45. The summed E-state index contributed by atoms with van der Waals surface area (Å²) in [5.41, 5.74) is 0. The first-order chi connectivity index (χ1) is 2.77. The van der Waals surface area contributed by atoms with Crippen LogP contribution in [0.3, 0.4) is 0 Å². The van der Waals surface area contributed by atoms with Crippen LogP contribution in [0, 0.1) is 0 Å². The zero-order chi connectivity index (χ0) is 4.99. The average molecular weight is 211 g/mol. The maximum atomic E-state index is 9.88. The van der Waals surface area contributed by atoms with Gasteiger partial charge in [-0.3, -0.25) is 0 Å². The van der Waals surface area contributed by atoms with Gasteiger partial charge in [-0.05, 0) is 0 Å². The zero-order valence-electron chi connectivity index (χ0n) is 4.02. The Hall–Kier alpha value is 1.04. The molecule has 0 aliphatic heterocycles. The van der Waals surface area contributed by atoms with Crippen LogP contribution < -0.4 is 0 Å². The summed E-state index contributed by atoms with van der Waals surface area (Å²) >= 11 is -1.06. The van der Waals surface area contributed by atoms with Crippen molar-refractivity contribution >= 4 is 50.8 Å². The molecule has 0 aromatic carbocycles. The van der Waals surface area contributed by atoms with Crippen molar-refractivity contribution < 1.29 is 4.85 Å². The molecule has 0 radical (unpaired) electrons. The molecule has 0 heterocycles. The molecule has 3 heteroatoms. The summed E-state index contributed by atoms with van der Waals surface area (Å²) in [5, 5.41) is 0. The topological polar surface area (TPSA) is 26.3 Å². The van der Waals surface area contributed by atoms with Crippen molar-refractivity contribution in [3.63, 3.8) is 0 Å². The fourth-order valence-corrected chi connectivity index (χ4v) is 1.48. The van der Waals surface area contributed by atoms with E-state index < -0.39 is 44.9 Å². The number of hydrogen-bond donors (Lipinski definition) is 0. The molecule has 0 saturated carbocycles. The third-order valence-corrected chi connectivity index (χ3v) is 2.53. The van der Waals surface area contributed by atoms with Crippen LogP contribution in [0.25, 0.3) is 0 Å². The fraction of sp³-hybridized carbons (Fsp3) is 0.667. The first-order valence-corrected chi connectivity index (χ1v) is 8.16. The van der Waals surface area contributed by atoms with E-state index in [0.717, 1.165) is 0 Å². The predicted octanol–water partition coefficient (Wildman–Crippen LogP) is 0.217.